The fraction of sp³-hybridized carbons (Fsp3) is 0.500. The Morgan fingerprint density at radius 3 is 2.85 bits per heavy atom. The van der Waals surface area contributed by atoms with E-state index in [2.05, 4.69) is 0 Å². The molecule has 1 atom stereocenters. The van der Waals surface area contributed by atoms with Crippen LogP contribution in [0, 0.1) is 22.6 Å². The van der Waals surface area contributed by atoms with Gasteiger partial charge in [-0.25, -0.2) is 4.39 Å². The summed E-state index contributed by atoms with van der Waals surface area (Å²) in [5.41, 5.74) is 1.04. The van der Waals surface area contributed by atoms with E-state index in [-0.39, 0.29) is 29.0 Å². The van der Waals surface area contributed by atoms with Gasteiger partial charge in [-0.3, -0.25) is 9.59 Å². The molecule has 142 valence electrons. The van der Waals surface area contributed by atoms with Gasteiger partial charge in [0.15, 0.2) is 5.78 Å². The summed E-state index contributed by atoms with van der Waals surface area (Å²) in [5, 5.41) is 9.30. The highest BCUT2D eigenvalue weighted by Gasteiger charge is 2.34. The lowest BCUT2D eigenvalue weighted by atomic mass is 9.79. The van der Waals surface area contributed by atoms with Gasteiger partial charge in [-0.2, -0.15) is 5.26 Å². The van der Waals surface area contributed by atoms with Crippen LogP contribution in [0.3, 0.4) is 0 Å². The number of amides is 1. The minimum atomic E-state index is -0.614. The van der Waals surface area contributed by atoms with Gasteiger partial charge < -0.3 is 4.90 Å². The maximum Gasteiger partial charge on any atom is 0.230 e. The van der Waals surface area contributed by atoms with Gasteiger partial charge in [0.1, 0.15) is 11.9 Å². The second-order valence-electron chi connectivity index (χ2n) is 8.06. The van der Waals surface area contributed by atoms with E-state index >= 15 is 0 Å². The summed E-state index contributed by atoms with van der Waals surface area (Å²) in [6.45, 7) is 4.75. The lowest BCUT2D eigenvalue weighted by molar-refractivity contribution is -0.133. The van der Waals surface area contributed by atoms with E-state index in [1.165, 1.54) is 6.07 Å². The summed E-state index contributed by atoms with van der Waals surface area (Å²) in [4.78, 5) is 27.5. The number of ketones is 1. The van der Waals surface area contributed by atoms with Crippen molar-refractivity contribution in [1.82, 2.24) is 4.90 Å². The van der Waals surface area contributed by atoms with Crippen LogP contribution < -0.4 is 0 Å². The predicted molar refractivity (Wildman–Crippen MR) is 100 cm³/mol. The van der Waals surface area contributed by atoms with E-state index in [0.29, 0.717) is 50.8 Å². The maximum atomic E-state index is 14.0. The molecule has 0 fully saturated rings. The molecule has 1 unspecified atom stereocenters. The molecule has 0 saturated carbocycles. The first kappa shape index (κ1) is 19.3. The van der Waals surface area contributed by atoms with Crippen LogP contribution in [0.2, 0.25) is 0 Å². The van der Waals surface area contributed by atoms with Crippen LogP contribution in [-0.4, -0.2) is 29.7 Å². The Kier molecular flexibility index (Phi) is 5.46. The second kappa shape index (κ2) is 7.64. The molecule has 0 N–H and O–H groups in total. The van der Waals surface area contributed by atoms with E-state index in [1.807, 2.05) is 30.9 Å². The molecular weight excluding hydrogens is 343 g/mol. The van der Waals surface area contributed by atoms with Crippen LogP contribution in [0.15, 0.2) is 29.8 Å². The molecule has 2 aliphatic rings. The molecule has 5 heteroatoms. The third-order valence-corrected chi connectivity index (χ3v) is 5.78. The molecule has 0 aromatic heterocycles. The Morgan fingerprint density at radius 2 is 2.11 bits per heavy atom. The average Bonchev–Trinajstić information content (AvgIpc) is 3.07. The van der Waals surface area contributed by atoms with Gasteiger partial charge in [-0.05, 0) is 49.3 Å². The highest BCUT2D eigenvalue weighted by atomic mass is 19.1. The van der Waals surface area contributed by atoms with Crippen molar-refractivity contribution in [3.8, 4) is 6.07 Å². The van der Waals surface area contributed by atoms with Crippen molar-refractivity contribution >= 4 is 11.7 Å². The van der Waals surface area contributed by atoms with Gasteiger partial charge in [-0.1, -0.05) is 32.1 Å². The fourth-order valence-electron chi connectivity index (χ4n) is 4.16. The largest absolute Gasteiger partial charge is 0.342 e. The number of hydrogen-bond donors (Lipinski definition) is 0. The topological polar surface area (TPSA) is 61.2 Å². The molecule has 3 rings (SSSR count). The number of halogens is 1. The van der Waals surface area contributed by atoms with Crippen molar-refractivity contribution in [2.45, 2.75) is 51.9 Å². The zero-order chi connectivity index (χ0) is 19.6. The Labute approximate surface area is 159 Å². The molecule has 1 aromatic carbocycles. The van der Waals surface area contributed by atoms with E-state index in [1.54, 1.807) is 12.1 Å². The number of hydrogen-bond acceptors (Lipinski definition) is 3. The van der Waals surface area contributed by atoms with E-state index in [0.717, 1.165) is 5.56 Å². The van der Waals surface area contributed by atoms with E-state index in [9.17, 15) is 19.2 Å². The van der Waals surface area contributed by atoms with Gasteiger partial charge in [-0.15, -0.1) is 0 Å². The highest BCUT2D eigenvalue weighted by Crippen LogP contribution is 2.36. The Hall–Kier alpha value is -2.48. The third kappa shape index (κ3) is 3.80. The summed E-state index contributed by atoms with van der Waals surface area (Å²) in [7, 11) is 0. The number of fused-ring (bicyclic) bond motifs is 1. The number of Topliss-reactive ketones (excluding diaryl/α,β-unsaturated/α-hetero) is 1. The van der Waals surface area contributed by atoms with Crippen molar-refractivity contribution < 1.29 is 14.0 Å². The van der Waals surface area contributed by atoms with Gasteiger partial charge in [0.25, 0.3) is 0 Å². The summed E-state index contributed by atoms with van der Waals surface area (Å²) in [5.74, 6) is -0.626. The number of nitriles is 1. The first-order valence-corrected chi connectivity index (χ1v) is 9.56. The van der Waals surface area contributed by atoms with Gasteiger partial charge >= 0.3 is 0 Å². The Balaban J connectivity index is 1.81. The minimum Gasteiger partial charge on any atom is -0.342 e. The third-order valence-electron chi connectivity index (χ3n) is 5.78. The van der Waals surface area contributed by atoms with Crippen LogP contribution in [-0.2, 0) is 16.0 Å². The normalized spacial score (nSPS) is 24.5. The quantitative estimate of drug-likeness (QED) is 0.755. The second-order valence-corrected chi connectivity index (χ2v) is 8.06. The maximum absolute atomic E-state index is 14.0. The molecule has 1 aromatic rings. The standard InChI is InChI=1S/C22H25FN2O2/c1-22(2)11-5-13-25(12-4-6-15(14-24)20(22)26)21(27)18-10-9-17-16(18)7-3-8-19(17)23/h3,6-8,18H,4-5,9-13H2,1-2H3/b15-6-. The number of rotatable bonds is 1. The molecular formula is C22H25FN2O2. The molecule has 0 bridgehead atoms. The van der Waals surface area contributed by atoms with Gasteiger partial charge in [0.05, 0.1) is 11.5 Å². The molecule has 1 aliphatic heterocycles. The molecule has 0 spiro atoms. The molecule has 0 radical (unpaired) electrons. The zero-order valence-electron chi connectivity index (χ0n) is 15.9. The summed E-state index contributed by atoms with van der Waals surface area (Å²) in [6, 6.07) is 6.97. The molecule has 1 aliphatic carbocycles. The first-order valence-electron chi connectivity index (χ1n) is 9.56. The zero-order valence-corrected chi connectivity index (χ0v) is 15.9. The summed E-state index contributed by atoms with van der Waals surface area (Å²) >= 11 is 0. The molecule has 0 saturated heterocycles. The SMILES string of the molecule is CC1(C)CCCN(C(=O)C2CCc3c(F)cccc32)CC/C=C(/C#N)C1=O. The number of carbonyl (C=O) groups is 2. The summed E-state index contributed by atoms with van der Waals surface area (Å²) < 4.78 is 14.0. The highest BCUT2D eigenvalue weighted by molar-refractivity contribution is 6.02. The summed E-state index contributed by atoms with van der Waals surface area (Å²) in [6.07, 6.45) is 4.66. The monoisotopic (exact) mass is 368 g/mol. The number of nitrogens with zero attached hydrogens (tertiary/aromatic N) is 2. The van der Waals surface area contributed by atoms with E-state index < -0.39 is 5.41 Å². The van der Waals surface area contributed by atoms with Crippen LogP contribution in [0.5, 0.6) is 0 Å². The van der Waals surface area contributed by atoms with Crippen LogP contribution in [0.25, 0.3) is 0 Å². The number of carbonyl (C=O) groups excluding carboxylic acids is 2. The lowest BCUT2D eigenvalue weighted by Crippen LogP contribution is -2.37. The first-order chi connectivity index (χ1) is 12.8. The average molecular weight is 368 g/mol. The minimum absolute atomic E-state index is 0.0240. The molecule has 1 amide bonds. The molecule has 4 nitrogen and oxygen atoms in total. The Morgan fingerprint density at radius 1 is 1.33 bits per heavy atom. The number of allylic oxidation sites excluding steroid dienone is 1. The van der Waals surface area contributed by atoms with Gasteiger partial charge in [0.2, 0.25) is 5.91 Å². The van der Waals surface area contributed by atoms with Crippen molar-refractivity contribution in [3.05, 3.63) is 46.8 Å². The van der Waals surface area contributed by atoms with E-state index in [4.69, 9.17) is 0 Å². The van der Waals surface area contributed by atoms with Crippen molar-refractivity contribution in [3.63, 3.8) is 0 Å². The molecule has 27 heavy (non-hydrogen) atoms. The number of benzene rings is 1. The van der Waals surface area contributed by atoms with Crippen LogP contribution >= 0.6 is 0 Å². The van der Waals surface area contributed by atoms with Gasteiger partial charge in [0, 0.05) is 18.5 Å². The fourth-order valence-corrected chi connectivity index (χ4v) is 4.16. The van der Waals surface area contributed by atoms with Crippen LogP contribution in [0.1, 0.15) is 56.6 Å². The molecule has 1 heterocycles. The lowest BCUT2D eigenvalue weighted by Gasteiger charge is -2.29. The predicted octanol–water partition coefficient (Wildman–Crippen LogP) is 3.91. The Bertz CT molecular complexity index is 835. The van der Waals surface area contributed by atoms with Crippen molar-refractivity contribution in [2.75, 3.05) is 13.1 Å². The van der Waals surface area contributed by atoms with Crippen molar-refractivity contribution in [1.29, 1.82) is 5.26 Å². The van der Waals surface area contributed by atoms with Crippen molar-refractivity contribution in [2.24, 2.45) is 5.41 Å². The smallest absolute Gasteiger partial charge is 0.230 e. The van der Waals surface area contributed by atoms with Crippen LogP contribution in [0.4, 0.5) is 4.39 Å².